The van der Waals surface area contributed by atoms with Crippen molar-refractivity contribution in [3.8, 4) is 11.6 Å². The SMILES string of the molecule is O=C(Nc1cccc(Oc2ccc3nc(NC(=O)C4CC4)cn3n2)c1)c1n[nH]c2ccccc12. The molecule has 10 heteroatoms. The molecule has 2 amide bonds. The molecule has 1 aliphatic rings. The number of fused-ring (bicyclic) bond motifs is 2. The Labute approximate surface area is 193 Å². The lowest BCUT2D eigenvalue weighted by atomic mass is 10.2. The lowest BCUT2D eigenvalue weighted by Gasteiger charge is -2.08. The number of anilines is 2. The van der Waals surface area contributed by atoms with Crippen LogP contribution in [0.5, 0.6) is 11.6 Å². The van der Waals surface area contributed by atoms with Crippen LogP contribution in [0.15, 0.2) is 66.9 Å². The second kappa shape index (κ2) is 8.00. The lowest BCUT2D eigenvalue weighted by molar-refractivity contribution is -0.117. The monoisotopic (exact) mass is 453 g/mol. The number of imidazole rings is 1. The van der Waals surface area contributed by atoms with Crippen LogP contribution < -0.4 is 15.4 Å². The van der Waals surface area contributed by atoms with Gasteiger partial charge in [0.25, 0.3) is 5.91 Å². The number of hydrogen-bond donors (Lipinski definition) is 3. The fourth-order valence-electron chi connectivity index (χ4n) is 3.64. The smallest absolute Gasteiger partial charge is 0.276 e. The summed E-state index contributed by atoms with van der Waals surface area (Å²) in [7, 11) is 0. The number of benzene rings is 2. The summed E-state index contributed by atoms with van der Waals surface area (Å²) in [6, 6.07) is 17.9. The minimum atomic E-state index is -0.326. The normalized spacial score (nSPS) is 13.2. The quantitative estimate of drug-likeness (QED) is 0.357. The van der Waals surface area contributed by atoms with Gasteiger partial charge in [-0.05, 0) is 37.1 Å². The van der Waals surface area contributed by atoms with Crippen LogP contribution in [0.1, 0.15) is 23.3 Å². The predicted molar refractivity (Wildman–Crippen MR) is 125 cm³/mol. The lowest BCUT2D eigenvalue weighted by Crippen LogP contribution is -2.13. The van der Waals surface area contributed by atoms with Crippen molar-refractivity contribution in [2.45, 2.75) is 12.8 Å². The van der Waals surface area contributed by atoms with E-state index in [2.05, 4.69) is 30.9 Å². The number of para-hydroxylation sites is 1. The third-order valence-electron chi connectivity index (χ3n) is 5.49. The maximum atomic E-state index is 12.7. The van der Waals surface area contributed by atoms with E-state index in [1.54, 1.807) is 47.1 Å². The molecule has 3 heterocycles. The Morgan fingerprint density at radius 3 is 2.79 bits per heavy atom. The van der Waals surface area contributed by atoms with Gasteiger partial charge in [-0.25, -0.2) is 9.50 Å². The average Bonchev–Trinajstić information content (AvgIpc) is 3.48. The molecule has 0 spiro atoms. The van der Waals surface area contributed by atoms with Crippen molar-refractivity contribution in [2.75, 3.05) is 10.6 Å². The zero-order chi connectivity index (χ0) is 23.1. The maximum Gasteiger partial charge on any atom is 0.276 e. The summed E-state index contributed by atoms with van der Waals surface area (Å²) in [6.07, 6.45) is 3.49. The molecule has 1 saturated carbocycles. The first-order valence-corrected chi connectivity index (χ1v) is 10.8. The topological polar surface area (TPSA) is 126 Å². The molecule has 1 fully saturated rings. The van der Waals surface area contributed by atoms with Gasteiger partial charge in [0.05, 0.1) is 11.7 Å². The van der Waals surface area contributed by atoms with Crippen LogP contribution >= 0.6 is 0 Å². The van der Waals surface area contributed by atoms with Crippen molar-refractivity contribution in [1.82, 2.24) is 24.8 Å². The third kappa shape index (κ3) is 3.92. The minimum Gasteiger partial charge on any atom is -0.438 e. The zero-order valence-corrected chi connectivity index (χ0v) is 17.9. The van der Waals surface area contributed by atoms with E-state index < -0.39 is 0 Å². The Morgan fingerprint density at radius 2 is 1.91 bits per heavy atom. The summed E-state index contributed by atoms with van der Waals surface area (Å²) in [5.74, 6) is 1.05. The van der Waals surface area contributed by atoms with Gasteiger partial charge in [0.15, 0.2) is 17.2 Å². The Morgan fingerprint density at radius 1 is 1.03 bits per heavy atom. The number of H-pyrrole nitrogens is 1. The summed E-state index contributed by atoms with van der Waals surface area (Å²) >= 11 is 0. The zero-order valence-electron chi connectivity index (χ0n) is 17.9. The average molecular weight is 453 g/mol. The molecule has 0 atom stereocenters. The van der Waals surface area contributed by atoms with Crippen molar-refractivity contribution in [3.63, 3.8) is 0 Å². The van der Waals surface area contributed by atoms with E-state index in [-0.39, 0.29) is 17.7 Å². The Hall–Kier alpha value is -4.73. The summed E-state index contributed by atoms with van der Waals surface area (Å²) in [5.41, 5.74) is 2.26. The molecule has 3 aromatic heterocycles. The third-order valence-corrected chi connectivity index (χ3v) is 5.49. The van der Waals surface area contributed by atoms with Crippen LogP contribution in [0.25, 0.3) is 16.6 Å². The van der Waals surface area contributed by atoms with E-state index in [9.17, 15) is 9.59 Å². The number of amides is 2. The van der Waals surface area contributed by atoms with Crippen LogP contribution in [-0.2, 0) is 4.79 Å². The van der Waals surface area contributed by atoms with Crippen LogP contribution in [0.2, 0.25) is 0 Å². The van der Waals surface area contributed by atoms with Crippen molar-refractivity contribution in [2.24, 2.45) is 5.92 Å². The van der Waals surface area contributed by atoms with Crippen molar-refractivity contribution in [1.29, 1.82) is 0 Å². The summed E-state index contributed by atoms with van der Waals surface area (Å²) < 4.78 is 7.44. The van der Waals surface area contributed by atoms with E-state index >= 15 is 0 Å². The fraction of sp³-hybridized carbons (Fsp3) is 0.125. The first-order chi connectivity index (χ1) is 16.6. The Bertz CT molecular complexity index is 1550. The van der Waals surface area contributed by atoms with Gasteiger partial charge in [0.2, 0.25) is 11.8 Å². The number of carbonyl (C=O) groups is 2. The predicted octanol–water partition coefficient (Wildman–Crippen LogP) is 4.00. The summed E-state index contributed by atoms with van der Waals surface area (Å²) in [5, 5.41) is 17.8. The number of nitrogens with zero attached hydrogens (tertiary/aromatic N) is 4. The number of nitrogens with one attached hydrogen (secondary N) is 3. The van der Waals surface area contributed by atoms with Crippen LogP contribution in [-0.4, -0.2) is 36.6 Å². The van der Waals surface area contributed by atoms with Gasteiger partial charge in [0.1, 0.15) is 5.75 Å². The highest BCUT2D eigenvalue weighted by atomic mass is 16.5. The van der Waals surface area contributed by atoms with Gasteiger partial charge in [-0.1, -0.05) is 24.3 Å². The van der Waals surface area contributed by atoms with Crippen molar-refractivity contribution in [3.05, 3.63) is 72.6 Å². The Kier molecular flexibility index (Phi) is 4.69. The molecule has 5 aromatic rings. The van der Waals surface area contributed by atoms with Gasteiger partial charge in [-0.3, -0.25) is 14.7 Å². The van der Waals surface area contributed by atoms with Crippen molar-refractivity contribution < 1.29 is 14.3 Å². The Balaban J connectivity index is 1.17. The van der Waals surface area contributed by atoms with Crippen LogP contribution in [0.3, 0.4) is 0 Å². The molecule has 0 bridgehead atoms. The van der Waals surface area contributed by atoms with Crippen molar-refractivity contribution >= 4 is 39.9 Å². The molecule has 10 nitrogen and oxygen atoms in total. The molecular weight excluding hydrogens is 434 g/mol. The second-order valence-corrected chi connectivity index (χ2v) is 8.07. The number of aromatic nitrogens is 5. The highest BCUT2D eigenvalue weighted by Gasteiger charge is 2.30. The maximum absolute atomic E-state index is 12.7. The first-order valence-electron chi connectivity index (χ1n) is 10.8. The van der Waals surface area contributed by atoms with E-state index in [0.29, 0.717) is 34.5 Å². The fourth-order valence-corrected chi connectivity index (χ4v) is 3.64. The first kappa shape index (κ1) is 19.9. The minimum absolute atomic E-state index is 0.0124. The van der Waals surface area contributed by atoms with Gasteiger partial charge < -0.3 is 15.4 Å². The highest BCUT2D eigenvalue weighted by molar-refractivity contribution is 6.11. The van der Waals surface area contributed by atoms with Crippen LogP contribution in [0.4, 0.5) is 11.5 Å². The summed E-state index contributed by atoms with van der Waals surface area (Å²) in [6.45, 7) is 0. The van der Waals surface area contributed by atoms with E-state index in [4.69, 9.17) is 4.74 Å². The molecular formula is C24H19N7O3. The molecule has 1 aliphatic carbocycles. The molecule has 6 rings (SSSR count). The molecule has 0 radical (unpaired) electrons. The summed E-state index contributed by atoms with van der Waals surface area (Å²) in [4.78, 5) is 29.1. The number of hydrogen-bond acceptors (Lipinski definition) is 6. The van der Waals surface area contributed by atoms with Gasteiger partial charge in [-0.15, -0.1) is 5.10 Å². The van der Waals surface area contributed by atoms with Gasteiger partial charge in [0, 0.05) is 29.1 Å². The van der Waals surface area contributed by atoms with E-state index in [1.807, 2.05) is 24.3 Å². The van der Waals surface area contributed by atoms with E-state index in [0.717, 1.165) is 23.7 Å². The van der Waals surface area contributed by atoms with Crippen LogP contribution in [0, 0.1) is 5.92 Å². The number of ether oxygens (including phenoxy) is 1. The largest absolute Gasteiger partial charge is 0.438 e. The van der Waals surface area contributed by atoms with Gasteiger partial charge >= 0.3 is 0 Å². The molecule has 0 unspecified atom stereocenters. The number of aromatic amines is 1. The standard InChI is InChI=1S/C24H19N7O3/c32-23(14-8-9-14)27-19-13-31-20(26-19)10-11-21(30-31)34-16-5-3-4-15(12-16)25-24(33)22-17-6-1-2-7-18(17)28-29-22/h1-7,10-14H,8-9H2,(H,25,33)(H,27,32)(H,28,29). The number of rotatable bonds is 6. The van der Waals surface area contributed by atoms with Gasteiger partial charge in [-0.2, -0.15) is 5.10 Å². The molecule has 168 valence electrons. The number of carbonyl (C=O) groups excluding carboxylic acids is 2. The molecule has 3 N–H and O–H groups in total. The second-order valence-electron chi connectivity index (χ2n) is 8.07. The molecule has 2 aromatic carbocycles. The molecule has 0 saturated heterocycles. The van der Waals surface area contributed by atoms with E-state index in [1.165, 1.54) is 0 Å². The highest BCUT2D eigenvalue weighted by Crippen LogP contribution is 2.30. The molecule has 0 aliphatic heterocycles. The molecule has 34 heavy (non-hydrogen) atoms.